The molecular formula is C15H17NO2S. The van der Waals surface area contributed by atoms with E-state index in [9.17, 15) is 4.79 Å². The fourth-order valence-electron chi connectivity index (χ4n) is 2.66. The van der Waals surface area contributed by atoms with Crippen molar-refractivity contribution >= 4 is 23.2 Å². The van der Waals surface area contributed by atoms with Gasteiger partial charge in [0.1, 0.15) is 5.54 Å². The Labute approximate surface area is 118 Å². The Morgan fingerprint density at radius 1 is 1.53 bits per heavy atom. The van der Waals surface area contributed by atoms with Gasteiger partial charge in [-0.15, -0.1) is 6.58 Å². The first-order valence-corrected chi connectivity index (χ1v) is 6.62. The van der Waals surface area contributed by atoms with Crippen LogP contribution in [0.5, 0.6) is 0 Å². The Morgan fingerprint density at radius 2 is 2.21 bits per heavy atom. The number of rotatable bonds is 4. The van der Waals surface area contributed by atoms with Crippen molar-refractivity contribution in [3.63, 3.8) is 0 Å². The molecule has 2 atom stereocenters. The summed E-state index contributed by atoms with van der Waals surface area (Å²) in [5, 5.41) is 3.15. The Kier molecular flexibility index (Phi) is 4.00. The van der Waals surface area contributed by atoms with Gasteiger partial charge in [0.05, 0.1) is 12.1 Å². The average molecular weight is 275 g/mol. The quantitative estimate of drug-likeness (QED) is 0.521. The largest absolute Gasteiger partial charge is 0.467 e. The molecule has 0 aliphatic carbocycles. The van der Waals surface area contributed by atoms with Crippen LogP contribution in [0.25, 0.3) is 0 Å². The molecule has 0 unspecified atom stereocenters. The van der Waals surface area contributed by atoms with Crippen LogP contribution in [-0.4, -0.2) is 23.6 Å². The van der Waals surface area contributed by atoms with Crippen molar-refractivity contribution < 1.29 is 9.53 Å². The summed E-state index contributed by atoms with van der Waals surface area (Å²) in [7, 11) is 1.40. The van der Waals surface area contributed by atoms with Gasteiger partial charge in [0.15, 0.2) is 0 Å². The standard InChI is InChI=1S/C15H17NO2S/c1-3-12(11-7-5-4-6-8-11)15(14(17)18-2)10-9-13(19)16-15/h3-8,12H,1,9-10H2,2H3,(H,16,19)/t12-,15-/m1/s1. The van der Waals surface area contributed by atoms with Crippen LogP contribution in [0, 0.1) is 0 Å². The van der Waals surface area contributed by atoms with Gasteiger partial charge >= 0.3 is 5.97 Å². The third kappa shape index (κ3) is 2.40. The highest BCUT2D eigenvalue weighted by Gasteiger charge is 2.49. The number of carbonyl (C=O) groups is 1. The second-order valence-electron chi connectivity index (χ2n) is 4.64. The summed E-state index contributed by atoms with van der Waals surface area (Å²) in [4.78, 5) is 13.0. The fraction of sp³-hybridized carbons (Fsp3) is 0.333. The minimum absolute atomic E-state index is 0.165. The second kappa shape index (κ2) is 5.53. The van der Waals surface area contributed by atoms with Gasteiger partial charge in [-0.1, -0.05) is 48.6 Å². The molecule has 1 aliphatic rings. The molecular weight excluding hydrogens is 258 g/mol. The maximum Gasteiger partial charge on any atom is 0.332 e. The average Bonchev–Trinajstić information content (AvgIpc) is 2.83. The van der Waals surface area contributed by atoms with Crippen LogP contribution >= 0.6 is 12.2 Å². The van der Waals surface area contributed by atoms with E-state index in [-0.39, 0.29) is 11.9 Å². The first-order valence-electron chi connectivity index (χ1n) is 6.21. The fourth-order valence-corrected chi connectivity index (χ4v) is 2.95. The van der Waals surface area contributed by atoms with Gasteiger partial charge in [-0.05, 0) is 12.0 Å². The zero-order valence-electron chi connectivity index (χ0n) is 10.9. The summed E-state index contributed by atoms with van der Waals surface area (Å²) in [5.41, 5.74) is 0.203. The van der Waals surface area contributed by atoms with E-state index >= 15 is 0 Å². The number of nitrogens with one attached hydrogen (secondary N) is 1. The molecule has 1 heterocycles. The predicted molar refractivity (Wildman–Crippen MR) is 79.1 cm³/mol. The summed E-state index contributed by atoms with van der Waals surface area (Å²) in [6.45, 7) is 3.88. The zero-order chi connectivity index (χ0) is 13.9. The number of hydrogen-bond acceptors (Lipinski definition) is 3. The van der Waals surface area contributed by atoms with Crippen LogP contribution in [-0.2, 0) is 9.53 Å². The Balaban J connectivity index is 2.45. The van der Waals surface area contributed by atoms with Gasteiger partial charge in [-0.2, -0.15) is 0 Å². The lowest BCUT2D eigenvalue weighted by molar-refractivity contribution is -0.148. The third-order valence-corrected chi connectivity index (χ3v) is 3.89. The van der Waals surface area contributed by atoms with Crippen molar-refractivity contribution in [3.05, 3.63) is 48.6 Å². The van der Waals surface area contributed by atoms with Crippen molar-refractivity contribution in [2.24, 2.45) is 0 Å². The second-order valence-corrected chi connectivity index (χ2v) is 5.13. The third-order valence-electron chi connectivity index (χ3n) is 3.58. The lowest BCUT2D eigenvalue weighted by atomic mass is 9.78. The van der Waals surface area contributed by atoms with Gasteiger partial charge in [-0.3, -0.25) is 0 Å². The Morgan fingerprint density at radius 3 is 2.68 bits per heavy atom. The van der Waals surface area contributed by atoms with Crippen LogP contribution < -0.4 is 5.32 Å². The molecule has 0 amide bonds. The van der Waals surface area contributed by atoms with Crippen LogP contribution in [0.4, 0.5) is 0 Å². The van der Waals surface area contributed by atoms with E-state index in [1.165, 1.54) is 7.11 Å². The molecule has 4 heteroatoms. The highest BCUT2D eigenvalue weighted by atomic mass is 32.1. The molecule has 1 aliphatic heterocycles. The Hall–Kier alpha value is -1.68. The highest BCUT2D eigenvalue weighted by Crippen LogP contribution is 2.37. The lowest BCUT2D eigenvalue weighted by Crippen LogP contribution is -2.53. The highest BCUT2D eigenvalue weighted by molar-refractivity contribution is 7.80. The maximum atomic E-state index is 12.3. The minimum atomic E-state index is -0.824. The molecule has 0 saturated carbocycles. The number of carbonyl (C=O) groups excluding carboxylic acids is 1. The molecule has 0 spiro atoms. The van der Waals surface area contributed by atoms with E-state index in [0.29, 0.717) is 17.8 Å². The number of esters is 1. The van der Waals surface area contributed by atoms with E-state index in [1.54, 1.807) is 6.08 Å². The summed E-state index contributed by atoms with van der Waals surface area (Å²) >= 11 is 5.20. The van der Waals surface area contributed by atoms with Crippen molar-refractivity contribution in [1.29, 1.82) is 0 Å². The summed E-state index contributed by atoms with van der Waals surface area (Å²) in [6, 6.07) is 9.81. The summed E-state index contributed by atoms with van der Waals surface area (Å²) in [6.07, 6.45) is 3.11. The van der Waals surface area contributed by atoms with Crippen molar-refractivity contribution in [1.82, 2.24) is 5.32 Å². The van der Waals surface area contributed by atoms with Gasteiger partial charge in [0, 0.05) is 12.3 Å². The zero-order valence-corrected chi connectivity index (χ0v) is 11.7. The predicted octanol–water partition coefficient (Wildman–Crippen LogP) is 2.58. The molecule has 19 heavy (non-hydrogen) atoms. The SMILES string of the molecule is C=C[C@H](c1ccccc1)[C@@]1(C(=O)OC)CCC(=S)N1. The molecule has 100 valence electrons. The first kappa shape index (κ1) is 13.7. The van der Waals surface area contributed by atoms with Crippen LogP contribution in [0.2, 0.25) is 0 Å². The molecule has 3 nitrogen and oxygen atoms in total. The van der Waals surface area contributed by atoms with Crippen LogP contribution in [0.3, 0.4) is 0 Å². The first-order chi connectivity index (χ1) is 9.14. The number of ether oxygens (including phenoxy) is 1. The molecule has 0 aromatic heterocycles. The van der Waals surface area contributed by atoms with Gasteiger partial charge in [0.2, 0.25) is 0 Å². The molecule has 1 saturated heterocycles. The van der Waals surface area contributed by atoms with Gasteiger partial charge in [-0.25, -0.2) is 4.79 Å². The monoisotopic (exact) mass is 275 g/mol. The van der Waals surface area contributed by atoms with E-state index in [4.69, 9.17) is 17.0 Å². The summed E-state index contributed by atoms with van der Waals surface area (Å²) in [5.74, 6) is -0.456. The van der Waals surface area contributed by atoms with E-state index in [0.717, 1.165) is 5.56 Å². The van der Waals surface area contributed by atoms with Crippen molar-refractivity contribution in [2.75, 3.05) is 7.11 Å². The number of benzene rings is 1. The van der Waals surface area contributed by atoms with Crippen molar-refractivity contribution in [3.8, 4) is 0 Å². The van der Waals surface area contributed by atoms with E-state index < -0.39 is 5.54 Å². The normalized spacial score (nSPS) is 23.5. The van der Waals surface area contributed by atoms with E-state index in [2.05, 4.69) is 11.9 Å². The van der Waals surface area contributed by atoms with Gasteiger partial charge < -0.3 is 10.1 Å². The molecule has 1 fully saturated rings. The van der Waals surface area contributed by atoms with Gasteiger partial charge in [0.25, 0.3) is 0 Å². The van der Waals surface area contributed by atoms with Crippen LogP contribution in [0.1, 0.15) is 24.3 Å². The molecule has 1 aromatic carbocycles. The minimum Gasteiger partial charge on any atom is -0.467 e. The molecule has 1 aromatic rings. The van der Waals surface area contributed by atoms with E-state index in [1.807, 2.05) is 30.3 Å². The smallest absolute Gasteiger partial charge is 0.332 e. The number of hydrogen-bond donors (Lipinski definition) is 1. The topological polar surface area (TPSA) is 38.3 Å². The number of methoxy groups -OCH3 is 1. The maximum absolute atomic E-state index is 12.3. The number of thiocarbonyl (C=S) groups is 1. The summed E-state index contributed by atoms with van der Waals surface area (Å²) < 4.78 is 4.98. The van der Waals surface area contributed by atoms with Crippen molar-refractivity contribution in [2.45, 2.75) is 24.3 Å². The molecule has 1 N–H and O–H groups in total. The Bertz CT molecular complexity index is 500. The molecule has 0 bridgehead atoms. The van der Waals surface area contributed by atoms with Crippen LogP contribution in [0.15, 0.2) is 43.0 Å². The lowest BCUT2D eigenvalue weighted by Gasteiger charge is -2.33. The molecule has 0 radical (unpaired) electrons. The molecule has 2 rings (SSSR count).